The molecular formula is C9H13ClN2O2S. The van der Waals surface area contributed by atoms with E-state index in [1.807, 2.05) is 16.8 Å². The molecule has 15 heavy (non-hydrogen) atoms. The van der Waals surface area contributed by atoms with Gasteiger partial charge in [0, 0.05) is 18.5 Å². The average molecular weight is 249 g/mol. The SMILES string of the molecule is Cl.O=C(Nc1ccsc1)[C@H]1CNCCO1. The van der Waals surface area contributed by atoms with E-state index >= 15 is 0 Å². The smallest absolute Gasteiger partial charge is 0.254 e. The van der Waals surface area contributed by atoms with Crippen LogP contribution in [0.2, 0.25) is 0 Å². The summed E-state index contributed by atoms with van der Waals surface area (Å²) >= 11 is 1.56. The van der Waals surface area contributed by atoms with Gasteiger partial charge in [-0.1, -0.05) is 0 Å². The van der Waals surface area contributed by atoms with Gasteiger partial charge in [0.2, 0.25) is 0 Å². The number of carbonyl (C=O) groups is 1. The number of carbonyl (C=O) groups excluding carboxylic acids is 1. The predicted octanol–water partition coefficient (Wildman–Crippen LogP) is 1.10. The number of thiophene rings is 1. The first-order valence-electron chi connectivity index (χ1n) is 4.51. The highest BCUT2D eigenvalue weighted by molar-refractivity contribution is 7.08. The Morgan fingerprint density at radius 3 is 3.13 bits per heavy atom. The summed E-state index contributed by atoms with van der Waals surface area (Å²) in [5.41, 5.74) is 0.842. The first kappa shape index (κ1) is 12.4. The Hall–Kier alpha value is -0.620. The highest BCUT2D eigenvalue weighted by atomic mass is 35.5. The standard InChI is InChI=1S/C9H12N2O2S.ClH/c12-9(8-5-10-2-3-13-8)11-7-1-4-14-6-7;/h1,4,6,8,10H,2-3,5H2,(H,11,12);1H/t8-;/m1./s1. The van der Waals surface area contributed by atoms with Gasteiger partial charge in [0.25, 0.3) is 5.91 Å². The second-order valence-electron chi connectivity index (χ2n) is 3.06. The van der Waals surface area contributed by atoms with E-state index < -0.39 is 0 Å². The van der Waals surface area contributed by atoms with Crippen molar-refractivity contribution in [1.29, 1.82) is 0 Å². The van der Waals surface area contributed by atoms with Gasteiger partial charge < -0.3 is 15.4 Å². The number of anilines is 1. The molecule has 1 atom stereocenters. The van der Waals surface area contributed by atoms with E-state index in [4.69, 9.17) is 4.74 Å². The average Bonchev–Trinajstić information content (AvgIpc) is 2.72. The molecule has 2 heterocycles. The fourth-order valence-electron chi connectivity index (χ4n) is 1.29. The van der Waals surface area contributed by atoms with Crippen LogP contribution >= 0.6 is 23.7 Å². The van der Waals surface area contributed by atoms with Crippen LogP contribution < -0.4 is 10.6 Å². The fraction of sp³-hybridized carbons (Fsp3) is 0.444. The number of hydrogen-bond donors (Lipinski definition) is 2. The lowest BCUT2D eigenvalue weighted by atomic mass is 10.3. The van der Waals surface area contributed by atoms with Crippen molar-refractivity contribution in [3.63, 3.8) is 0 Å². The lowest BCUT2D eigenvalue weighted by molar-refractivity contribution is -0.128. The van der Waals surface area contributed by atoms with Gasteiger partial charge in [-0.3, -0.25) is 4.79 Å². The van der Waals surface area contributed by atoms with Gasteiger partial charge in [-0.2, -0.15) is 11.3 Å². The molecule has 2 N–H and O–H groups in total. The van der Waals surface area contributed by atoms with E-state index in [1.165, 1.54) is 0 Å². The first-order valence-corrected chi connectivity index (χ1v) is 5.46. The van der Waals surface area contributed by atoms with Crippen LogP contribution in [0.5, 0.6) is 0 Å². The van der Waals surface area contributed by atoms with Crippen molar-refractivity contribution in [1.82, 2.24) is 5.32 Å². The Morgan fingerprint density at radius 1 is 1.67 bits per heavy atom. The Bertz CT molecular complexity index is 299. The molecule has 2 rings (SSSR count). The highest BCUT2D eigenvalue weighted by Gasteiger charge is 2.21. The number of halogens is 1. The summed E-state index contributed by atoms with van der Waals surface area (Å²) in [5, 5.41) is 9.73. The van der Waals surface area contributed by atoms with Crippen molar-refractivity contribution in [3.8, 4) is 0 Å². The van der Waals surface area contributed by atoms with Crippen molar-refractivity contribution in [2.45, 2.75) is 6.10 Å². The molecule has 0 radical (unpaired) electrons. The fourth-order valence-corrected chi connectivity index (χ4v) is 1.88. The summed E-state index contributed by atoms with van der Waals surface area (Å²) in [6.45, 7) is 2.01. The molecule has 1 aliphatic heterocycles. The topological polar surface area (TPSA) is 50.4 Å². The van der Waals surface area contributed by atoms with E-state index in [0.29, 0.717) is 13.2 Å². The number of amides is 1. The third-order valence-corrected chi connectivity index (χ3v) is 2.69. The Balaban J connectivity index is 0.00000112. The lowest BCUT2D eigenvalue weighted by Gasteiger charge is -2.22. The van der Waals surface area contributed by atoms with Crippen molar-refractivity contribution in [2.24, 2.45) is 0 Å². The third kappa shape index (κ3) is 3.46. The van der Waals surface area contributed by atoms with Crippen LogP contribution in [0.1, 0.15) is 0 Å². The maximum Gasteiger partial charge on any atom is 0.254 e. The zero-order valence-electron chi connectivity index (χ0n) is 8.06. The second kappa shape index (κ2) is 6.07. The van der Waals surface area contributed by atoms with Crippen molar-refractivity contribution in [3.05, 3.63) is 16.8 Å². The number of nitrogens with one attached hydrogen (secondary N) is 2. The molecule has 1 saturated heterocycles. The maximum absolute atomic E-state index is 11.6. The molecule has 1 aromatic rings. The zero-order chi connectivity index (χ0) is 9.80. The van der Waals surface area contributed by atoms with Gasteiger partial charge in [-0.05, 0) is 11.4 Å². The summed E-state index contributed by atoms with van der Waals surface area (Å²) in [5.74, 6) is -0.0735. The van der Waals surface area contributed by atoms with Crippen LogP contribution in [-0.4, -0.2) is 31.7 Å². The van der Waals surface area contributed by atoms with E-state index in [0.717, 1.165) is 12.2 Å². The Kier molecular flexibility index (Phi) is 5.04. The van der Waals surface area contributed by atoms with Crippen LogP contribution in [0.4, 0.5) is 5.69 Å². The molecular weight excluding hydrogens is 236 g/mol. The predicted molar refractivity (Wildman–Crippen MR) is 62.8 cm³/mol. The summed E-state index contributed by atoms with van der Waals surface area (Å²) < 4.78 is 5.32. The molecule has 0 aliphatic carbocycles. The van der Waals surface area contributed by atoms with Crippen molar-refractivity contribution in [2.75, 3.05) is 25.0 Å². The largest absolute Gasteiger partial charge is 0.366 e. The highest BCUT2D eigenvalue weighted by Crippen LogP contribution is 2.12. The quantitative estimate of drug-likeness (QED) is 0.824. The monoisotopic (exact) mass is 248 g/mol. The molecule has 1 fully saturated rings. The summed E-state index contributed by atoms with van der Waals surface area (Å²) in [4.78, 5) is 11.6. The van der Waals surface area contributed by atoms with Gasteiger partial charge in [-0.25, -0.2) is 0 Å². The molecule has 84 valence electrons. The Labute approximate surface area is 98.4 Å². The summed E-state index contributed by atoms with van der Waals surface area (Å²) in [6, 6.07) is 1.87. The molecule has 1 amide bonds. The first-order chi connectivity index (χ1) is 6.86. The van der Waals surface area contributed by atoms with E-state index in [1.54, 1.807) is 11.3 Å². The van der Waals surface area contributed by atoms with Crippen LogP contribution in [-0.2, 0) is 9.53 Å². The molecule has 1 aliphatic rings. The second-order valence-corrected chi connectivity index (χ2v) is 3.84. The molecule has 0 saturated carbocycles. The third-order valence-electron chi connectivity index (χ3n) is 2.01. The van der Waals surface area contributed by atoms with Crippen molar-refractivity contribution >= 4 is 35.3 Å². The lowest BCUT2D eigenvalue weighted by Crippen LogP contribution is -2.45. The summed E-state index contributed by atoms with van der Waals surface area (Å²) in [7, 11) is 0. The molecule has 4 nitrogen and oxygen atoms in total. The normalized spacial score (nSPS) is 20.4. The van der Waals surface area contributed by atoms with E-state index in [-0.39, 0.29) is 24.4 Å². The molecule has 6 heteroatoms. The molecule has 0 unspecified atom stereocenters. The van der Waals surface area contributed by atoms with E-state index in [9.17, 15) is 4.79 Å². The van der Waals surface area contributed by atoms with Gasteiger partial charge in [0.05, 0.1) is 12.3 Å². The number of hydrogen-bond acceptors (Lipinski definition) is 4. The van der Waals surface area contributed by atoms with Crippen LogP contribution in [0.15, 0.2) is 16.8 Å². The molecule has 0 spiro atoms. The minimum Gasteiger partial charge on any atom is -0.366 e. The van der Waals surface area contributed by atoms with Crippen LogP contribution in [0.3, 0.4) is 0 Å². The minimum absolute atomic E-state index is 0. The molecule has 0 bridgehead atoms. The van der Waals surface area contributed by atoms with Crippen LogP contribution in [0.25, 0.3) is 0 Å². The number of morpholine rings is 1. The van der Waals surface area contributed by atoms with Gasteiger partial charge >= 0.3 is 0 Å². The molecule has 0 aromatic carbocycles. The van der Waals surface area contributed by atoms with E-state index in [2.05, 4.69) is 10.6 Å². The number of ether oxygens (including phenoxy) is 1. The maximum atomic E-state index is 11.6. The Morgan fingerprint density at radius 2 is 2.53 bits per heavy atom. The van der Waals surface area contributed by atoms with Crippen LogP contribution in [0, 0.1) is 0 Å². The van der Waals surface area contributed by atoms with Crippen molar-refractivity contribution < 1.29 is 9.53 Å². The molecule has 1 aromatic heterocycles. The minimum atomic E-state index is -0.358. The van der Waals surface area contributed by atoms with Gasteiger partial charge in [0.1, 0.15) is 6.10 Å². The van der Waals surface area contributed by atoms with Gasteiger partial charge in [0.15, 0.2) is 0 Å². The summed E-state index contributed by atoms with van der Waals surface area (Å²) in [6.07, 6.45) is -0.358. The zero-order valence-corrected chi connectivity index (χ0v) is 9.70. The van der Waals surface area contributed by atoms with Gasteiger partial charge in [-0.15, -0.1) is 12.4 Å². The number of rotatable bonds is 2.